The molecule has 0 saturated heterocycles. The molecule has 0 fully saturated rings. The standard InChI is InChI=1S/C12H11ClN2O2/c1-8(16)6-11-14-12(17-15-11)7-9-2-4-10(13)5-3-9/h2-5H,6-7H2,1H3. The fourth-order valence-electron chi connectivity index (χ4n) is 1.43. The van der Waals surface area contributed by atoms with E-state index in [0.29, 0.717) is 23.2 Å². The lowest BCUT2D eigenvalue weighted by molar-refractivity contribution is -0.116. The van der Waals surface area contributed by atoms with Crippen molar-refractivity contribution in [3.63, 3.8) is 0 Å². The summed E-state index contributed by atoms with van der Waals surface area (Å²) in [7, 11) is 0. The van der Waals surface area contributed by atoms with Gasteiger partial charge in [0.1, 0.15) is 5.78 Å². The SMILES string of the molecule is CC(=O)Cc1noc(Cc2ccc(Cl)cc2)n1. The summed E-state index contributed by atoms with van der Waals surface area (Å²) >= 11 is 5.79. The molecule has 0 bridgehead atoms. The van der Waals surface area contributed by atoms with Crippen LogP contribution in [0.15, 0.2) is 28.8 Å². The van der Waals surface area contributed by atoms with Crippen molar-refractivity contribution in [3.05, 3.63) is 46.6 Å². The molecule has 1 aromatic carbocycles. The molecule has 0 aliphatic rings. The Morgan fingerprint density at radius 2 is 2.06 bits per heavy atom. The summed E-state index contributed by atoms with van der Waals surface area (Å²) in [6, 6.07) is 7.42. The van der Waals surface area contributed by atoms with Gasteiger partial charge in [-0.05, 0) is 24.6 Å². The maximum Gasteiger partial charge on any atom is 0.231 e. The molecule has 5 heteroatoms. The van der Waals surface area contributed by atoms with E-state index in [1.165, 1.54) is 6.92 Å². The maximum atomic E-state index is 10.9. The molecule has 0 unspecified atom stereocenters. The van der Waals surface area contributed by atoms with Crippen molar-refractivity contribution in [3.8, 4) is 0 Å². The molecule has 0 aliphatic heterocycles. The van der Waals surface area contributed by atoms with Crippen LogP contribution in [0.2, 0.25) is 5.02 Å². The largest absolute Gasteiger partial charge is 0.339 e. The van der Waals surface area contributed by atoms with Gasteiger partial charge in [-0.1, -0.05) is 28.9 Å². The molecular weight excluding hydrogens is 240 g/mol. The number of halogens is 1. The number of carbonyl (C=O) groups is 1. The number of hydrogen-bond acceptors (Lipinski definition) is 4. The highest BCUT2D eigenvalue weighted by molar-refractivity contribution is 6.30. The van der Waals surface area contributed by atoms with Gasteiger partial charge in [0.2, 0.25) is 5.89 Å². The van der Waals surface area contributed by atoms with Crippen molar-refractivity contribution in [2.24, 2.45) is 0 Å². The predicted octanol–water partition coefficient (Wildman–Crippen LogP) is 2.45. The second kappa shape index (κ2) is 5.10. The quantitative estimate of drug-likeness (QED) is 0.836. The summed E-state index contributed by atoms with van der Waals surface area (Å²) in [6.45, 7) is 1.50. The van der Waals surface area contributed by atoms with Crippen LogP contribution >= 0.6 is 11.6 Å². The van der Waals surface area contributed by atoms with E-state index in [1.807, 2.05) is 24.3 Å². The molecule has 4 nitrogen and oxygen atoms in total. The summed E-state index contributed by atoms with van der Waals surface area (Å²) in [4.78, 5) is 15.0. The van der Waals surface area contributed by atoms with E-state index in [2.05, 4.69) is 10.1 Å². The lowest BCUT2D eigenvalue weighted by Crippen LogP contribution is -1.98. The molecule has 88 valence electrons. The number of carbonyl (C=O) groups excluding carboxylic acids is 1. The first-order valence-corrected chi connectivity index (χ1v) is 5.56. The fraction of sp³-hybridized carbons (Fsp3) is 0.250. The highest BCUT2D eigenvalue weighted by Crippen LogP contribution is 2.12. The van der Waals surface area contributed by atoms with Crippen LogP contribution in [0.3, 0.4) is 0 Å². The lowest BCUT2D eigenvalue weighted by atomic mass is 10.1. The monoisotopic (exact) mass is 250 g/mol. The third-order valence-corrected chi connectivity index (χ3v) is 2.44. The van der Waals surface area contributed by atoms with Gasteiger partial charge in [-0.25, -0.2) is 0 Å². The molecule has 0 spiro atoms. The number of Topliss-reactive ketones (excluding diaryl/α,β-unsaturated/α-hetero) is 1. The molecule has 2 rings (SSSR count). The Hall–Kier alpha value is -1.68. The molecule has 0 atom stereocenters. The smallest absolute Gasteiger partial charge is 0.231 e. The normalized spacial score (nSPS) is 10.5. The molecule has 0 radical (unpaired) electrons. The van der Waals surface area contributed by atoms with Gasteiger partial charge in [-0.3, -0.25) is 4.79 Å². The summed E-state index contributed by atoms with van der Waals surface area (Å²) in [6.07, 6.45) is 0.756. The number of ketones is 1. The molecule has 0 aliphatic carbocycles. The zero-order valence-corrected chi connectivity index (χ0v) is 10.1. The van der Waals surface area contributed by atoms with E-state index in [1.54, 1.807) is 0 Å². The van der Waals surface area contributed by atoms with Crippen molar-refractivity contribution in [1.29, 1.82) is 0 Å². The van der Waals surface area contributed by atoms with Gasteiger partial charge in [-0.15, -0.1) is 0 Å². The Labute approximate surface area is 104 Å². The molecular formula is C12H11ClN2O2. The maximum absolute atomic E-state index is 10.9. The third kappa shape index (κ3) is 3.39. The first kappa shape index (κ1) is 11.8. The molecule has 0 amide bonds. The first-order chi connectivity index (χ1) is 8.13. The molecule has 0 N–H and O–H groups in total. The van der Waals surface area contributed by atoms with Gasteiger partial charge in [-0.2, -0.15) is 4.98 Å². The molecule has 1 heterocycles. The Bertz CT molecular complexity index is 520. The third-order valence-electron chi connectivity index (χ3n) is 2.19. The Balaban J connectivity index is 2.06. The van der Waals surface area contributed by atoms with Gasteiger partial charge in [0.15, 0.2) is 5.82 Å². The van der Waals surface area contributed by atoms with Gasteiger partial charge < -0.3 is 4.52 Å². The van der Waals surface area contributed by atoms with E-state index in [9.17, 15) is 4.79 Å². The first-order valence-electron chi connectivity index (χ1n) is 5.19. The molecule has 1 aromatic heterocycles. The average Bonchev–Trinajstić information content (AvgIpc) is 2.68. The minimum Gasteiger partial charge on any atom is -0.339 e. The van der Waals surface area contributed by atoms with Crippen LogP contribution < -0.4 is 0 Å². The van der Waals surface area contributed by atoms with Crippen LogP contribution in [0.5, 0.6) is 0 Å². The number of rotatable bonds is 4. The van der Waals surface area contributed by atoms with Gasteiger partial charge in [0, 0.05) is 5.02 Å². The second-order valence-corrected chi connectivity index (χ2v) is 4.22. The van der Waals surface area contributed by atoms with Crippen LogP contribution in [0, 0.1) is 0 Å². The van der Waals surface area contributed by atoms with Crippen molar-refractivity contribution in [2.75, 3.05) is 0 Å². The summed E-state index contributed by atoms with van der Waals surface area (Å²) < 4.78 is 5.05. The van der Waals surface area contributed by atoms with E-state index < -0.39 is 0 Å². The highest BCUT2D eigenvalue weighted by atomic mass is 35.5. The zero-order chi connectivity index (χ0) is 12.3. The van der Waals surface area contributed by atoms with Crippen molar-refractivity contribution in [2.45, 2.75) is 19.8 Å². The fourth-order valence-corrected chi connectivity index (χ4v) is 1.56. The number of benzene rings is 1. The number of hydrogen-bond donors (Lipinski definition) is 0. The summed E-state index contributed by atoms with van der Waals surface area (Å²) in [5.41, 5.74) is 1.03. The van der Waals surface area contributed by atoms with Gasteiger partial charge in [0.05, 0.1) is 12.8 Å². The predicted molar refractivity (Wildman–Crippen MR) is 62.9 cm³/mol. The minimum atomic E-state index is 0.0174. The van der Waals surface area contributed by atoms with E-state index >= 15 is 0 Å². The summed E-state index contributed by atoms with van der Waals surface area (Å²) in [5.74, 6) is 0.953. The lowest BCUT2D eigenvalue weighted by Gasteiger charge is -1.95. The Morgan fingerprint density at radius 1 is 1.35 bits per heavy atom. The Morgan fingerprint density at radius 3 is 2.71 bits per heavy atom. The van der Waals surface area contributed by atoms with Crippen LogP contribution in [-0.2, 0) is 17.6 Å². The molecule has 2 aromatic rings. The topological polar surface area (TPSA) is 56.0 Å². The molecule has 17 heavy (non-hydrogen) atoms. The average molecular weight is 251 g/mol. The van der Waals surface area contributed by atoms with Crippen LogP contribution in [-0.4, -0.2) is 15.9 Å². The minimum absolute atomic E-state index is 0.0174. The van der Waals surface area contributed by atoms with Crippen molar-refractivity contribution >= 4 is 17.4 Å². The van der Waals surface area contributed by atoms with Crippen LogP contribution in [0.25, 0.3) is 0 Å². The van der Waals surface area contributed by atoms with E-state index in [4.69, 9.17) is 16.1 Å². The number of nitrogens with zero attached hydrogens (tertiary/aromatic N) is 2. The Kier molecular flexibility index (Phi) is 3.54. The van der Waals surface area contributed by atoms with Crippen LogP contribution in [0.1, 0.15) is 24.2 Å². The highest BCUT2D eigenvalue weighted by Gasteiger charge is 2.08. The van der Waals surface area contributed by atoms with Crippen LogP contribution in [0.4, 0.5) is 0 Å². The van der Waals surface area contributed by atoms with E-state index in [0.717, 1.165) is 5.56 Å². The van der Waals surface area contributed by atoms with Gasteiger partial charge in [0.25, 0.3) is 0 Å². The number of aromatic nitrogens is 2. The zero-order valence-electron chi connectivity index (χ0n) is 9.31. The van der Waals surface area contributed by atoms with Crippen molar-refractivity contribution in [1.82, 2.24) is 10.1 Å². The second-order valence-electron chi connectivity index (χ2n) is 3.79. The molecule has 0 saturated carbocycles. The van der Waals surface area contributed by atoms with Gasteiger partial charge >= 0.3 is 0 Å². The van der Waals surface area contributed by atoms with E-state index in [-0.39, 0.29) is 12.2 Å². The van der Waals surface area contributed by atoms with Crippen molar-refractivity contribution < 1.29 is 9.32 Å². The summed E-state index contributed by atoms with van der Waals surface area (Å²) in [5, 5.41) is 4.43.